The highest BCUT2D eigenvalue weighted by Gasteiger charge is 2.19. The van der Waals surface area contributed by atoms with E-state index in [1.165, 1.54) is 103 Å². The summed E-state index contributed by atoms with van der Waals surface area (Å²) in [5.74, 6) is -0.952. The molecule has 0 rings (SSSR count). The zero-order valence-corrected chi connectivity index (χ0v) is 44.8. The first-order valence-electron chi connectivity index (χ1n) is 28.5. The van der Waals surface area contributed by atoms with Crippen LogP contribution in [0, 0.1) is 0 Å². The summed E-state index contributed by atoms with van der Waals surface area (Å²) in [4.78, 5) is 38.2. The Balaban J connectivity index is 4.51. The van der Waals surface area contributed by atoms with Crippen LogP contribution in [0.3, 0.4) is 0 Å². The Morgan fingerprint density at radius 1 is 0.290 bits per heavy atom. The smallest absolute Gasteiger partial charge is 0.306 e. The molecule has 0 bridgehead atoms. The molecule has 0 aliphatic rings. The first kappa shape index (κ1) is 65.1. The molecule has 0 aromatic heterocycles. The summed E-state index contributed by atoms with van der Waals surface area (Å²) >= 11 is 0. The summed E-state index contributed by atoms with van der Waals surface area (Å²) in [6.07, 6.45) is 76.3. The van der Waals surface area contributed by atoms with Crippen LogP contribution >= 0.6 is 0 Å². The SMILES string of the molecule is CCC\C=C/C=C\C=C/C=C\C=C/CCCCCCCC(=O)OCC(COC(=O)CCCCCCCC/C=C\C=C/CCCCC)OC(=O)CCCCCCC/C=C\C=C/CCCCCCCCC. The summed E-state index contributed by atoms with van der Waals surface area (Å²) in [7, 11) is 0. The Kier molecular flexibility index (Phi) is 53.4. The number of carbonyl (C=O) groups is 3. The quantitative estimate of drug-likeness (QED) is 0.0262. The molecule has 0 N–H and O–H groups in total. The van der Waals surface area contributed by atoms with Gasteiger partial charge in [0.05, 0.1) is 0 Å². The van der Waals surface area contributed by atoms with Gasteiger partial charge in [0.25, 0.3) is 0 Å². The predicted octanol–water partition coefficient (Wildman–Crippen LogP) is 19.1. The molecule has 0 aliphatic carbocycles. The molecule has 0 fully saturated rings. The molecule has 0 amide bonds. The Morgan fingerprint density at radius 3 is 0.913 bits per heavy atom. The molecule has 1 unspecified atom stereocenters. The minimum atomic E-state index is -0.805. The van der Waals surface area contributed by atoms with Crippen LogP contribution in [0.2, 0.25) is 0 Å². The zero-order valence-electron chi connectivity index (χ0n) is 44.8. The van der Waals surface area contributed by atoms with Gasteiger partial charge in [-0.15, -0.1) is 0 Å². The fraction of sp³-hybridized carbons (Fsp3) is 0.667. The van der Waals surface area contributed by atoms with Crippen LogP contribution in [-0.4, -0.2) is 37.2 Å². The molecule has 0 aliphatic heterocycles. The second-order valence-electron chi connectivity index (χ2n) is 18.7. The van der Waals surface area contributed by atoms with Gasteiger partial charge < -0.3 is 14.2 Å². The molecular weight excluding hydrogens is 853 g/mol. The van der Waals surface area contributed by atoms with Crippen LogP contribution in [-0.2, 0) is 28.6 Å². The van der Waals surface area contributed by atoms with Gasteiger partial charge >= 0.3 is 17.9 Å². The summed E-state index contributed by atoms with van der Waals surface area (Å²) in [5.41, 5.74) is 0. The summed E-state index contributed by atoms with van der Waals surface area (Å²) < 4.78 is 16.8. The third-order valence-electron chi connectivity index (χ3n) is 11.9. The number of hydrogen-bond donors (Lipinski definition) is 0. The van der Waals surface area contributed by atoms with Gasteiger partial charge in [-0.05, 0) is 89.9 Å². The molecule has 0 heterocycles. The zero-order chi connectivity index (χ0) is 50.0. The monoisotopic (exact) mass is 957 g/mol. The van der Waals surface area contributed by atoms with E-state index in [0.717, 1.165) is 109 Å². The molecule has 392 valence electrons. The summed E-state index contributed by atoms with van der Waals surface area (Å²) in [6, 6.07) is 0. The van der Waals surface area contributed by atoms with Crippen LogP contribution in [0.5, 0.6) is 0 Å². The van der Waals surface area contributed by atoms with Gasteiger partial charge in [-0.25, -0.2) is 0 Å². The second kappa shape index (κ2) is 56.7. The molecule has 6 nitrogen and oxygen atoms in total. The Labute approximate surface area is 425 Å². The van der Waals surface area contributed by atoms with Crippen molar-refractivity contribution in [2.75, 3.05) is 13.2 Å². The van der Waals surface area contributed by atoms with E-state index in [1.54, 1.807) is 0 Å². The van der Waals surface area contributed by atoms with Gasteiger partial charge in [-0.3, -0.25) is 14.4 Å². The lowest BCUT2D eigenvalue weighted by atomic mass is 10.1. The average molecular weight is 958 g/mol. The van der Waals surface area contributed by atoms with E-state index in [9.17, 15) is 14.4 Å². The minimum absolute atomic E-state index is 0.101. The van der Waals surface area contributed by atoms with E-state index in [0.29, 0.717) is 19.3 Å². The first-order valence-corrected chi connectivity index (χ1v) is 28.5. The molecule has 1 atom stereocenters. The third-order valence-corrected chi connectivity index (χ3v) is 11.9. The molecule has 0 spiro atoms. The highest BCUT2D eigenvalue weighted by atomic mass is 16.6. The minimum Gasteiger partial charge on any atom is -0.462 e. The van der Waals surface area contributed by atoms with Crippen molar-refractivity contribution in [3.05, 3.63) is 109 Å². The van der Waals surface area contributed by atoms with E-state index < -0.39 is 6.10 Å². The van der Waals surface area contributed by atoms with Gasteiger partial charge in [0.1, 0.15) is 13.2 Å². The van der Waals surface area contributed by atoms with Crippen molar-refractivity contribution < 1.29 is 28.6 Å². The van der Waals surface area contributed by atoms with E-state index in [4.69, 9.17) is 14.2 Å². The van der Waals surface area contributed by atoms with Gasteiger partial charge in [0.2, 0.25) is 0 Å². The standard InChI is InChI=1S/C63H104O6/c1-4-7-10-13-16-19-22-25-28-30-32-35-38-41-44-47-50-53-56-62(65)68-59-60(58-67-61(64)55-52-49-46-43-40-37-34-27-24-21-18-15-12-9-6-3)69-63(66)57-54-51-48-45-42-39-36-33-31-29-26-23-20-17-14-11-8-5-2/h10,13,16,18-19,21-22,24-25,27-33,35-36,60H,4-9,11-12,14-15,17,20,23,26,34,37-59H2,1-3H3/b13-10-,19-16-,21-18-,25-22-,27-24-,30-28-,31-29-,35-32-,36-33-. The van der Waals surface area contributed by atoms with Crippen LogP contribution in [0.1, 0.15) is 252 Å². The second-order valence-corrected chi connectivity index (χ2v) is 18.7. The largest absolute Gasteiger partial charge is 0.462 e. The molecule has 0 aromatic carbocycles. The van der Waals surface area contributed by atoms with Gasteiger partial charge in [-0.2, -0.15) is 0 Å². The highest BCUT2D eigenvalue weighted by Crippen LogP contribution is 2.14. The number of carbonyl (C=O) groups excluding carboxylic acids is 3. The molecule has 6 heteroatoms. The van der Waals surface area contributed by atoms with Crippen molar-refractivity contribution in [1.29, 1.82) is 0 Å². The molecular formula is C63H104O6. The van der Waals surface area contributed by atoms with Crippen LogP contribution < -0.4 is 0 Å². The Bertz CT molecular complexity index is 1420. The number of ether oxygens (including phenoxy) is 3. The summed E-state index contributed by atoms with van der Waals surface area (Å²) in [5, 5.41) is 0. The lowest BCUT2D eigenvalue weighted by Gasteiger charge is -2.18. The van der Waals surface area contributed by atoms with Crippen LogP contribution in [0.4, 0.5) is 0 Å². The normalized spacial score (nSPS) is 12.9. The van der Waals surface area contributed by atoms with E-state index in [-0.39, 0.29) is 31.1 Å². The molecule has 0 saturated carbocycles. The van der Waals surface area contributed by atoms with Crippen molar-refractivity contribution in [2.45, 2.75) is 258 Å². The fourth-order valence-electron chi connectivity index (χ4n) is 7.57. The topological polar surface area (TPSA) is 78.9 Å². The van der Waals surface area contributed by atoms with E-state index in [1.807, 2.05) is 24.3 Å². The number of allylic oxidation sites excluding steroid dienone is 18. The van der Waals surface area contributed by atoms with E-state index in [2.05, 4.69) is 106 Å². The van der Waals surface area contributed by atoms with Gasteiger partial charge in [-0.1, -0.05) is 252 Å². The van der Waals surface area contributed by atoms with Gasteiger partial charge in [0.15, 0.2) is 6.10 Å². The lowest BCUT2D eigenvalue weighted by molar-refractivity contribution is -0.167. The Hall–Kier alpha value is -3.93. The lowest BCUT2D eigenvalue weighted by Crippen LogP contribution is -2.30. The number of unbranched alkanes of at least 4 members (excludes halogenated alkanes) is 27. The summed E-state index contributed by atoms with van der Waals surface area (Å²) in [6.45, 7) is 6.47. The molecule has 0 radical (unpaired) electrons. The van der Waals surface area contributed by atoms with E-state index >= 15 is 0 Å². The Morgan fingerprint density at radius 2 is 0.551 bits per heavy atom. The van der Waals surface area contributed by atoms with Crippen LogP contribution in [0.15, 0.2) is 109 Å². The van der Waals surface area contributed by atoms with Crippen LogP contribution in [0.25, 0.3) is 0 Å². The molecule has 0 aromatic rings. The van der Waals surface area contributed by atoms with Crippen molar-refractivity contribution in [3.63, 3.8) is 0 Å². The number of rotatable bonds is 50. The maximum absolute atomic E-state index is 12.9. The van der Waals surface area contributed by atoms with Crippen molar-refractivity contribution in [2.24, 2.45) is 0 Å². The first-order chi connectivity index (χ1) is 34.0. The maximum atomic E-state index is 12.9. The van der Waals surface area contributed by atoms with Gasteiger partial charge in [0, 0.05) is 19.3 Å². The predicted molar refractivity (Wildman–Crippen MR) is 297 cm³/mol. The molecule has 0 saturated heterocycles. The maximum Gasteiger partial charge on any atom is 0.306 e. The number of esters is 3. The average Bonchev–Trinajstić information content (AvgIpc) is 3.35. The van der Waals surface area contributed by atoms with Crippen molar-refractivity contribution in [3.8, 4) is 0 Å². The number of hydrogen-bond acceptors (Lipinski definition) is 6. The molecule has 69 heavy (non-hydrogen) atoms. The fourth-order valence-corrected chi connectivity index (χ4v) is 7.57. The van der Waals surface area contributed by atoms with Crippen molar-refractivity contribution >= 4 is 17.9 Å². The van der Waals surface area contributed by atoms with Crippen molar-refractivity contribution in [1.82, 2.24) is 0 Å². The highest BCUT2D eigenvalue weighted by molar-refractivity contribution is 5.71. The third kappa shape index (κ3) is 54.9.